The van der Waals surface area contributed by atoms with E-state index in [1.807, 2.05) is 28.8 Å². The fourth-order valence-electron chi connectivity index (χ4n) is 3.04. The molecule has 2 aromatic rings. The molecule has 0 bridgehead atoms. The summed E-state index contributed by atoms with van der Waals surface area (Å²) in [4.78, 5) is 11.1. The highest BCUT2D eigenvalue weighted by atomic mass is 32.2. The first-order valence-corrected chi connectivity index (χ1v) is 10.4. The number of ether oxygens (including phenoxy) is 3. The van der Waals surface area contributed by atoms with E-state index in [1.54, 1.807) is 18.9 Å². The van der Waals surface area contributed by atoms with Gasteiger partial charge < -0.3 is 24.5 Å². The summed E-state index contributed by atoms with van der Waals surface area (Å²) in [5.41, 5.74) is 5.28. The first-order chi connectivity index (χ1) is 13.7. The molecule has 9 heteroatoms. The summed E-state index contributed by atoms with van der Waals surface area (Å²) in [6.07, 6.45) is 2.98. The number of para-hydroxylation sites is 2. The molecule has 1 aromatic carbocycles. The first-order valence-electron chi connectivity index (χ1n) is 9.38. The molecular formula is C19H26N4O4S. The number of hydrogen-bond donors (Lipinski definition) is 1. The molecule has 0 spiro atoms. The summed E-state index contributed by atoms with van der Waals surface area (Å²) in [5, 5.41) is 9.37. The second-order valence-electron chi connectivity index (χ2n) is 6.46. The third-order valence-electron chi connectivity index (χ3n) is 4.44. The van der Waals surface area contributed by atoms with Gasteiger partial charge in [0.05, 0.1) is 26.4 Å². The highest BCUT2D eigenvalue weighted by Gasteiger charge is 2.21. The van der Waals surface area contributed by atoms with Crippen LogP contribution in [0, 0.1) is 0 Å². The quantitative estimate of drug-likeness (QED) is 0.450. The van der Waals surface area contributed by atoms with Gasteiger partial charge in [-0.15, -0.1) is 10.2 Å². The molecule has 1 fully saturated rings. The second kappa shape index (κ2) is 10.3. The number of thioether (sulfide) groups is 1. The molecule has 8 nitrogen and oxygen atoms in total. The molecule has 2 heterocycles. The second-order valence-corrected chi connectivity index (χ2v) is 7.52. The molecule has 1 aromatic heterocycles. The maximum atomic E-state index is 11.1. The molecule has 0 saturated carbocycles. The van der Waals surface area contributed by atoms with Crippen molar-refractivity contribution in [3.63, 3.8) is 0 Å². The fourth-order valence-corrected chi connectivity index (χ4v) is 3.83. The zero-order chi connectivity index (χ0) is 19.8. The summed E-state index contributed by atoms with van der Waals surface area (Å²) in [6.45, 7) is 1.99. The highest BCUT2D eigenvalue weighted by Crippen LogP contribution is 2.27. The number of carbonyl (C=O) groups excluding carboxylic acids is 1. The number of primary amides is 1. The Balaban J connectivity index is 1.59. The van der Waals surface area contributed by atoms with Crippen molar-refractivity contribution in [1.29, 1.82) is 0 Å². The number of amides is 1. The molecular weight excluding hydrogens is 380 g/mol. The van der Waals surface area contributed by atoms with Crippen LogP contribution in [0.1, 0.15) is 25.1 Å². The smallest absolute Gasteiger partial charge is 0.217 e. The van der Waals surface area contributed by atoms with Crippen molar-refractivity contribution in [3.8, 4) is 11.5 Å². The molecule has 152 valence electrons. The number of aromatic nitrogens is 3. The van der Waals surface area contributed by atoms with Crippen LogP contribution in [-0.2, 0) is 22.5 Å². The van der Waals surface area contributed by atoms with Gasteiger partial charge in [-0.3, -0.25) is 4.79 Å². The lowest BCUT2D eigenvalue weighted by atomic mass is 10.2. The van der Waals surface area contributed by atoms with Gasteiger partial charge in [0.15, 0.2) is 16.7 Å². The van der Waals surface area contributed by atoms with Crippen molar-refractivity contribution in [3.05, 3.63) is 30.1 Å². The molecule has 3 rings (SSSR count). The number of nitrogens with two attached hydrogens (primary N) is 1. The topological polar surface area (TPSA) is 101 Å². The van der Waals surface area contributed by atoms with Gasteiger partial charge in [-0.05, 0) is 25.0 Å². The van der Waals surface area contributed by atoms with Crippen LogP contribution in [0.2, 0.25) is 0 Å². The van der Waals surface area contributed by atoms with Crippen LogP contribution in [0.4, 0.5) is 0 Å². The van der Waals surface area contributed by atoms with E-state index in [0.717, 1.165) is 30.4 Å². The van der Waals surface area contributed by atoms with Crippen molar-refractivity contribution >= 4 is 17.7 Å². The van der Waals surface area contributed by atoms with Gasteiger partial charge in [0.2, 0.25) is 5.91 Å². The predicted molar refractivity (Wildman–Crippen MR) is 106 cm³/mol. The van der Waals surface area contributed by atoms with Crippen LogP contribution in [-0.4, -0.2) is 52.9 Å². The lowest BCUT2D eigenvalue weighted by Gasteiger charge is -2.14. The molecule has 1 unspecified atom stereocenters. The van der Waals surface area contributed by atoms with Crippen molar-refractivity contribution < 1.29 is 19.0 Å². The Hall–Kier alpha value is -2.26. The molecule has 1 aliphatic heterocycles. The molecule has 2 N–H and O–H groups in total. The number of carbonyl (C=O) groups is 1. The van der Waals surface area contributed by atoms with Crippen LogP contribution in [0.5, 0.6) is 11.5 Å². The average Bonchev–Trinajstić information content (AvgIpc) is 3.34. The number of rotatable bonds is 11. The Morgan fingerprint density at radius 2 is 2.18 bits per heavy atom. The normalized spacial score (nSPS) is 16.2. The third-order valence-corrected chi connectivity index (χ3v) is 5.37. The number of aryl methyl sites for hydroxylation is 1. The average molecular weight is 407 g/mol. The van der Waals surface area contributed by atoms with Gasteiger partial charge in [0.25, 0.3) is 0 Å². The lowest BCUT2D eigenvalue weighted by Crippen LogP contribution is -2.19. The minimum atomic E-state index is -0.342. The predicted octanol–water partition coefficient (Wildman–Crippen LogP) is 2.05. The summed E-state index contributed by atoms with van der Waals surface area (Å²) in [7, 11) is 1.62. The standard InChI is InChI=1S/C19H26N4O4S/c1-25-15-6-2-3-7-16(15)27-11-12-28-19-22-21-18(9-8-17(20)24)23(19)13-14-5-4-10-26-14/h2-3,6-7,14H,4-5,8-13H2,1H3,(H2,20,24). The van der Waals surface area contributed by atoms with Crippen LogP contribution >= 0.6 is 11.8 Å². The Morgan fingerprint density at radius 1 is 1.36 bits per heavy atom. The summed E-state index contributed by atoms with van der Waals surface area (Å²) < 4.78 is 18.9. The summed E-state index contributed by atoms with van der Waals surface area (Å²) in [5.74, 6) is 2.56. The SMILES string of the molecule is COc1ccccc1OCCSc1nnc(CCC(N)=O)n1CC1CCCO1. The van der Waals surface area contributed by atoms with Gasteiger partial charge in [-0.1, -0.05) is 23.9 Å². The van der Waals surface area contributed by atoms with Gasteiger partial charge in [-0.25, -0.2) is 0 Å². The number of methoxy groups -OCH3 is 1. The highest BCUT2D eigenvalue weighted by molar-refractivity contribution is 7.99. The Morgan fingerprint density at radius 3 is 2.89 bits per heavy atom. The van der Waals surface area contributed by atoms with Crippen LogP contribution in [0.3, 0.4) is 0 Å². The number of benzene rings is 1. The molecule has 1 saturated heterocycles. The van der Waals surface area contributed by atoms with E-state index in [-0.39, 0.29) is 18.4 Å². The van der Waals surface area contributed by atoms with Crippen molar-refractivity contribution in [1.82, 2.24) is 14.8 Å². The van der Waals surface area contributed by atoms with E-state index in [0.29, 0.717) is 36.8 Å². The van der Waals surface area contributed by atoms with Crippen LogP contribution in [0.15, 0.2) is 29.4 Å². The van der Waals surface area contributed by atoms with Gasteiger partial charge >= 0.3 is 0 Å². The van der Waals surface area contributed by atoms with E-state index in [2.05, 4.69) is 10.2 Å². The van der Waals surface area contributed by atoms with Crippen molar-refractivity contribution in [2.45, 2.75) is 43.5 Å². The summed E-state index contributed by atoms with van der Waals surface area (Å²) >= 11 is 1.57. The van der Waals surface area contributed by atoms with Gasteiger partial charge in [0.1, 0.15) is 5.82 Å². The van der Waals surface area contributed by atoms with Gasteiger partial charge in [-0.2, -0.15) is 0 Å². The molecule has 28 heavy (non-hydrogen) atoms. The zero-order valence-electron chi connectivity index (χ0n) is 16.0. The molecule has 0 aliphatic carbocycles. The zero-order valence-corrected chi connectivity index (χ0v) is 16.8. The van der Waals surface area contributed by atoms with E-state index in [1.165, 1.54) is 0 Å². The molecule has 1 atom stereocenters. The molecule has 1 amide bonds. The fraction of sp³-hybridized carbons (Fsp3) is 0.526. The van der Waals surface area contributed by atoms with E-state index in [9.17, 15) is 4.79 Å². The maximum Gasteiger partial charge on any atom is 0.217 e. The largest absolute Gasteiger partial charge is 0.493 e. The third kappa shape index (κ3) is 5.62. The minimum Gasteiger partial charge on any atom is -0.493 e. The summed E-state index contributed by atoms with van der Waals surface area (Å²) in [6, 6.07) is 7.56. The van der Waals surface area contributed by atoms with E-state index in [4.69, 9.17) is 19.9 Å². The Kier molecular flexibility index (Phi) is 7.55. The van der Waals surface area contributed by atoms with E-state index < -0.39 is 0 Å². The maximum absolute atomic E-state index is 11.1. The van der Waals surface area contributed by atoms with Crippen LogP contribution < -0.4 is 15.2 Å². The Labute approximate surface area is 168 Å². The van der Waals surface area contributed by atoms with Crippen LogP contribution in [0.25, 0.3) is 0 Å². The first kappa shape index (κ1) is 20.5. The minimum absolute atomic E-state index is 0.160. The molecule has 0 radical (unpaired) electrons. The molecule has 1 aliphatic rings. The van der Waals surface area contributed by atoms with Crippen molar-refractivity contribution in [2.24, 2.45) is 5.73 Å². The lowest BCUT2D eigenvalue weighted by molar-refractivity contribution is -0.118. The van der Waals surface area contributed by atoms with Crippen molar-refractivity contribution in [2.75, 3.05) is 26.1 Å². The number of hydrogen-bond acceptors (Lipinski definition) is 7. The van der Waals surface area contributed by atoms with Gasteiger partial charge in [0, 0.05) is 25.2 Å². The number of nitrogens with zero attached hydrogens (tertiary/aromatic N) is 3. The Bertz CT molecular complexity index is 777. The van der Waals surface area contributed by atoms with E-state index >= 15 is 0 Å². The monoisotopic (exact) mass is 406 g/mol.